The molecule has 9 nitrogen and oxygen atoms in total. The average molecular weight is 394 g/mol. The van der Waals surface area contributed by atoms with Gasteiger partial charge in [-0.1, -0.05) is 13.3 Å². The average Bonchev–Trinajstić information content (AvgIpc) is 3.28. The van der Waals surface area contributed by atoms with Crippen LogP contribution in [-0.2, 0) is 10.2 Å². The Hall–Kier alpha value is -2.04. The van der Waals surface area contributed by atoms with Gasteiger partial charge in [0, 0.05) is 34.1 Å². The molecule has 0 radical (unpaired) electrons. The molecule has 1 saturated carbocycles. The van der Waals surface area contributed by atoms with Gasteiger partial charge in [0.25, 0.3) is 10.2 Å². The molecule has 3 aromatic heterocycles. The van der Waals surface area contributed by atoms with E-state index in [1.54, 1.807) is 6.20 Å². The van der Waals surface area contributed by atoms with E-state index < -0.39 is 10.2 Å². The molecule has 2 aliphatic rings. The summed E-state index contributed by atoms with van der Waals surface area (Å²) < 4.78 is 31.4. The molecule has 0 bridgehead atoms. The maximum Gasteiger partial charge on any atom is 0.279 e. The zero-order valence-corrected chi connectivity index (χ0v) is 16.0. The monoisotopic (exact) mass is 393 g/mol. The van der Waals surface area contributed by atoms with Crippen molar-refractivity contribution in [1.82, 2.24) is 33.6 Å². The van der Waals surface area contributed by atoms with E-state index in [0.29, 0.717) is 19.0 Å². The van der Waals surface area contributed by atoms with Gasteiger partial charge in [0.05, 0.1) is 11.7 Å². The highest BCUT2D eigenvalue weighted by atomic mass is 32.2. The largest absolute Gasteiger partial charge is 0.345 e. The minimum atomic E-state index is -3.37. The van der Waals surface area contributed by atoms with E-state index in [9.17, 15) is 8.42 Å². The minimum absolute atomic E-state index is 0. The summed E-state index contributed by atoms with van der Waals surface area (Å²) in [5.41, 5.74) is 2.47. The molecule has 1 aliphatic carbocycles. The van der Waals surface area contributed by atoms with Crippen LogP contribution in [0.4, 0.5) is 0 Å². The molecule has 5 rings (SSSR count). The van der Waals surface area contributed by atoms with Crippen LogP contribution < -0.4 is 4.72 Å². The van der Waals surface area contributed by atoms with Crippen LogP contribution >= 0.6 is 0 Å². The van der Waals surface area contributed by atoms with Crippen LogP contribution in [0.1, 0.15) is 47.2 Å². The van der Waals surface area contributed by atoms with Crippen LogP contribution in [-0.4, -0.2) is 56.4 Å². The first kappa shape index (κ1) is 17.1. The lowest BCUT2D eigenvalue weighted by molar-refractivity contribution is 0.301. The fraction of sp³-hybridized carbons (Fsp3) is 0.588. The minimum Gasteiger partial charge on any atom is -0.345 e. The second-order valence-electron chi connectivity index (χ2n) is 7.54. The molecule has 1 saturated heterocycles. The van der Waals surface area contributed by atoms with Gasteiger partial charge in [-0.3, -0.25) is 4.40 Å². The van der Waals surface area contributed by atoms with Gasteiger partial charge in [0.15, 0.2) is 11.3 Å². The molecule has 27 heavy (non-hydrogen) atoms. The number of nitrogens with one attached hydrogen (secondary N) is 2. The summed E-state index contributed by atoms with van der Waals surface area (Å²) in [4.78, 5) is 7.50. The first-order valence-electron chi connectivity index (χ1n) is 9.51. The van der Waals surface area contributed by atoms with Crippen LogP contribution in [0, 0.1) is 5.92 Å². The van der Waals surface area contributed by atoms with Gasteiger partial charge in [0.1, 0.15) is 5.82 Å². The number of hydrogen-bond donors (Lipinski definition) is 2. The molecule has 0 unspecified atom stereocenters. The van der Waals surface area contributed by atoms with Crippen molar-refractivity contribution in [3.05, 3.63) is 24.3 Å². The van der Waals surface area contributed by atoms with Crippen molar-refractivity contribution >= 4 is 27.0 Å². The highest BCUT2D eigenvalue weighted by molar-refractivity contribution is 7.87. The third kappa shape index (κ3) is 2.74. The topological polar surface area (TPSA) is 108 Å². The van der Waals surface area contributed by atoms with Crippen molar-refractivity contribution in [3.8, 4) is 0 Å². The van der Waals surface area contributed by atoms with Crippen LogP contribution in [0.3, 0.4) is 0 Å². The summed E-state index contributed by atoms with van der Waals surface area (Å²) >= 11 is 0. The lowest BCUT2D eigenvalue weighted by Gasteiger charge is -2.31. The number of aromatic amines is 1. The maximum absolute atomic E-state index is 12.5. The molecule has 2 fully saturated rings. The predicted octanol–water partition coefficient (Wildman–Crippen LogP) is 1.91. The quantitative estimate of drug-likeness (QED) is 0.688. The fourth-order valence-corrected chi connectivity index (χ4v) is 5.94. The van der Waals surface area contributed by atoms with E-state index in [2.05, 4.69) is 36.2 Å². The van der Waals surface area contributed by atoms with Gasteiger partial charge in [0.2, 0.25) is 0 Å². The van der Waals surface area contributed by atoms with E-state index >= 15 is 0 Å². The Bertz CT molecular complexity index is 1100. The van der Waals surface area contributed by atoms with Gasteiger partial charge in [-0.25, -0.2) is 4.98 Å². The van der Waals surface area contributed by atoms with Crippen LogP contribution in [0.5, 0.6) is 0 Å². The van der Waals surface area contributed by atoms with Crippen molar-refractivity contribution in [2.45, 2.75) is 44.6 Å². The SMILES string of the molecule is CC[C@@H]1C[C@H](NS(=O)(=O)N2CCC2)C[C@@H]1c1nnc2cnc3[nH]ccc3n12.[HH].[HH]. The van der Waals surface area contributed by atoms with Crippen LogP contribution in [0.2, 0.25) is 0 Å². The molecule has 0 aromatic carbocycles. The van der Waals surface area contributed by atoms with Gasteiger partial charge >= 0.3 is 0 Å². The van der Waals surface area contributed by atoms with Crippen LogP contribution in [0.25, 0.3) is 16.8 Å². The second kappa shape index (κ2) is 6.25. The number of aromatic nitrogens is 5. The number of H-pyrrole nitrogens is 1. The van der Waals surface area contributed by atoms with E-state index in [-0.39, 0.29) is 14.8 Å². The highest BCUT2D eigenvalue weighted by Gasteiger charge is 2.40. The molecule has 10 heteroatoms. The van der Waals surface area contributed by atoms with E-state index in [1.807, 2.05) is 12.3 Å². The molecule has 3 atom stereocenters. The summed E-state index contributed by atoms with van der Waals surface area (Å²) in [6, 6.07) is 1.91. The molecule has 2 N–H and O–H groups in total. The first-order valence-corrected chi connectivity index (χ1v) is 11.0. The second-order valence-corrected chi connectivity index (χ2v) is 9.24. The third-order valence-corrected chi connectivity index (χ3v) is 7.66. The Balaban J connectivity index is 0.00000120. The normalized spacial score (nSPS) is 26.8. The molecule has 0 spiro atoms. The van der Waals surface area contributed by atoms with E-state index in [1.165, 1.54) is 4.31 Å². The first-order chi connectivity index (χ1) is 13.1. The van der Waals surface area contributed by atoms with Crippen molar-refractivity contribution in [3.63, 3.8) is 0 Å². The summed E-state index contributed by atoms with van der Waals surface area (Å²) in [6.45, 7) is 3.40. The van der Waals surface area contributed by atoms with Gasteiger partial charge in [-0.2, -0.15) is 17.4 Å². The molecular formula is C17H27N7O2S. The lowest BCUT2D eigenvalue weighted by Crippen LogP contribution is -2.50. The Morgan fingerprint density at radius 2 is 2.19 bits per heavy atom. The van der Waals surface area contributed by atoms with Crippen molar-refractivity contribution in [1.29, 1.82) is 0 Å². The summed E-state index contributed by atoms with van der Waals surface area (Å²) in [5, 5.41) is 8.77. The Labute approximate surface area is 160 Å². The predicted molar refractivity (Wildman–Crippen MR) is 105 cm³/mol. The number of hydrogen-bond acceptors (Lipinski definition) is 5. The number of fused-ring (bicyclic) bond motifs is 3. The zero-order valence-electron chi connectivity index (χ0n) is 15.2. The summed E-state index contributed by atoms with van der Waals surface area (Å²) in [7, 11) is -3.37. The zero-order chi connectivity index (χ0) is 18.6. The molecule has 4 heterocycles. The Morgan fingerprint density at radius 1 is 1.33 bits per heavy atom. The molecule has 0 amide bonds. The van der Waals surface area contributed by atoms with Crippen molar-refractivity contribution in [2.24, 2.45) is 5.92 Å². The van der Waals surface area contributed by atoms with Gasteiger partial charge in [-0.05, 0) is 31.2 Å². The van der Waals surface area contributed by atoms with Crippen molar-refractivity contribution < 1.29 is 11.3 Å². The highest BCUT2D eigenvalue weighted by Crippen LogP contribution is 2.41. The third-order valence-electron chi connectivity index (χ3n) is 5.99. The van der Waals surface area contributed by atoms with Crippen LogP contribution in [0.15, 0.2) is 18.5 Å². The summed E-state index contributed by atoms with van der Waals surface area (Å²) in [5.74, 6) is 1.42. The maximum atomic E-state index is 12.5. The molecule has 1 aliphatic heterocycles. The standard InChI is InChI=1S/C17H23N7O2S.2H2/c1-2-11-8-12(22-27(25,26)23-6-3-7-23)9-13(11)17-21-20-15-10-19-16-14(24(15)17)4-5-18-16;;/h4-5,10-13,18,22H,2-3,6-9H2,1H3;2*1H/t11-,12+,13+;;/m1../s1. The fourth-order valence-electron chi connectivity index (χ4n) is 4.44. The van der Waals surface area contributed by atoms with E-state index in [0.717, 1.165) is 48.3 Å². The van der Waals surface area contributed by atoms with Gasteiger partial charge in [-0.15, -0.1) is 10.2 Å². The lowest BCUT2D eigenvalue weighted by atomic mass is 9.93. The van der Waals surface area contributed by atoms with Gasteiger partial charge < -0.3 is 4.98 Å². The molecule has 148 valence electrons. The smallest absolute Gasteiger partial charge is 0.279 e. The molecule has 3 aromatic rings. The Morgan fingerprint density at radius 3 is 2.93 bits per heavy atom. The van der Waals surface area contributed by atoms with E-state index in [4.69, 9.17) is 0 Å². The number of rotatable bonds is 5. The molecular weight excluding hydrogens is 366 g/mol. The Kier molecular flexibility index (Phi) is 3.95. The van der Waals surface area contributed by atoms with Crippen molar-refractivity contribution in [2.75, 3.05) is 13.1 Å². The number of nitrogens with zero attached hydrogens (tertiary/aromatic N) is 5. The summed E-state index contributed by atoms with van der Waals surface area (Å²) in [6.07, 6.45) is 7.05.